The summed E-state index contributed by atoms with van der Waals surface area (Å²) in [6, 6.07) is 11.0. The number of ether oxygens (including phenoxy) is 1. The third-order valence-corrected chi connectivity index (χ3v) is 8.84. The maximum Gasteiger partial charge on any atom is 0.170 e. The molecule has 1 N–H and O–H groups in total. The first-order valence-electron chi connectivity index (χ1n) is 12.9. The van der Waals surface area contributed by atoms with Crippen LogP contribution < -0.4 is 9.62 Å². The first-order valence-corrected chi connectivity index (χ1v) is 14.0. The van der Waals surface area contributed by atoms with E-state index in [1.807, 2.05) is 36.4 Å². The SMILES string of the molecule is CCN(CC)S(=O)NC1CCN(c2cccnn2)CC1COC1CCC(c2cccc(F)c2)CC1. The van der Waals surface area contributed by atoms with Gasteiger partial charge in [-0.1, -0.05) is 26.0 Å². The van der Waals surface area contributed by atoms with Gasteiger partial charge in [0.05, 0.1) is 12.7 Å². The summed E-state index contributed by atoms with van der Waals surface area (Å²) in [4.78, 5) is 2.25. The van der Waals surface area contributed by atoms with Gasteiger partial charge in [-0.2, -0.15) is 5.10 Å². The van der Waals surface area contributed by atoms with E-state index in [9.17, 15) is 8.60 Å². The monoisotopic (exact) mass is 503 g/mol. The number of halogens is 1. The van der Waals surface area contributed by atoms with Gasteiger partial charge >= 0.3 is 0 Å². The molecule has 0 radical (unpaired) electrons. The van der Waals surface area contributed by atoms with Crippen molar-refractivity contribution in [2.45, 2.75) is 64.0 Å². The highest BCUT2D eigenvalue weighted by molar-refractivity contribution is 7.80. The van der Waals surface area contributed by atoms with E-state index < -0.39 is 11.2 Å². The average Bonchev–Trinajstić information content (AvgIpc) is 2.89. The van der Waals surface area contributed by atoms with Gasteiger partial charge in [-0.25, -0.2) is 17.6 Å². The Bertz CT molecular complexity index is 940. The molecule has 2 heterocycles. The molecule has 4 rings (SSSR count). The van der Waals surface area contributed by atoms with E-state index in [4.69, 9.17) is 4.74 Å². The van der Waals surface area contributed by atoms with Crippen LogP contribution in [0.25, 0.3) is 0 Å². The van der Waals surface area contributed by atoms with Crippen LogP contribution in [0.1, 0.15) is 57.4 Å². The van der Waals surface area contributed by atoms with Crippen LogP contribution in [0.2, 0.25) is 0 Å². The molecule has 7 nitrogen and oxygen atoms in total. The van der Waals surface area contributed by atoms with Crippen LogP contribution in [-0.4, -0.2) is 63.6 Å². The summed E-state index contributed by atoms with van der Waals surface area (Å²) in [5.41, 5.74) is 1.10. The number of nitrogens with zero attached hydrogens (tertiary/aromatic N) is 4. The second kappa shape index (κ2) is 12.9. The molecule has 1 saturated carbocycles. The summed E-state index contributed by atoms with van der Waals surface area (Å²) < 4.78 is 38.3. The number of piperidine rings is 1. The summed E-state index contributed by atoms with van der Waals surface area (Å²) in [5, 5.41) is 8.33. The van der Waals surface area contributed by atoms with Crippen LogP contribution in [0.3, 0.4) is 0 Å². The molecule has 2 fully saturated rings. The normalized spacial score (nSPS) is 26.1. The molecule has 1 aliphatic heterocycles. The Morgan fingerprint density at radius 1 is 1.14 bits per heavy atom. The van der Waals surface area contributed by atoms with Gasteiger partial charge < -0.3 is 9.64 Å². The molecule has 9 heteroatoms. The van der Waals surface area contributed by atoms with Crippen molar-refractivity contribution in [3.05, 3.63) is 54.0 Å². The lowest BCUT2D eigenvalue weighted by molar-refractivity contribution is -0.00216. The van der Waals surface area contributed by atoms with E-state index in [1.165, 1.54) is 6.07 Å². The molecule has 1 saturated heterocycles. The minimum atomic E-state index is -1.22. The maximum absolute atomic E-state index is 13.6. The fraction of sp³-hybridized carbons (Fsp3) is 0.615. The molecule has 192 valence electrons. The zero-order valence-corrected chi connectivity index (χ0v) is 21.6. The van der Waals surface area contributed by atoms with Crippen LogP contribution in [0, 0.1) is 11.7 Å². The number of nitrogens with one attached hydrogen (secondary N) is 1. The highest BCUT2D eigenvalue weighted by Gasteiger charge is 2.33. The van der Waals surface area contributed by atoms with Crippen molar-refractivity contribution in [3.63, 3.8) is 0 Å². The zero-order valence-electron chi connectivity index (χ0n) is 20.8. The standard InChI is InChI=1S/C26H38FN5O2S/c1-3-32(4-2)35(33)30-25-14-16-31(26-9-6-15-28-29-26)18-22(25)19-34-24-12-10-20(11-13-24)21-7-5-8-23(27)17-21/h5-9,15,17,20,22,24-25,30H,3-4,10-14,16,18-19H2,1-2H3. The fourth-order valence-corrected chi connectivity index (χ4v) is 6.46. The second-order valence-electron chi connectivity index (χ2n) is 9.53. The van der Waals surface area contributed by atoms with Gasteiger partial charge in [0.1, 0.15) is 5.82 Å². The van der Waals surface area contributed by atoms with Crippen molar-refractivity contribution >= 4 is 17.0 Å². The first kappa shape index (κ1) is 26.1. The van der Waals surface area contributed by atoms with Gasteiger partial charge in [0, 0.05) is 44.3 Å². The molecule has 0 spiro atoms. The van der Waals surface area contributed by atoms with Gasteiger partial charge in [-0.05, 0) is 67.9 Å². The molecule has 2 aliphatic rings. The van der Waals surface area contributed by atoms with E-state index in [1.54, 1.807) is 18.3 Å². The Balaban J connectivity index is 1.35. The lowest BCUT2D eigenvalue weighted by atomic mass is 9.82. The Labute approximate surface area is 211 Å². The van der Waals surface area contributed by atoms with Crippen LogP contribution in [0.15, 0.2) is 42.6 Å². The summed E-state index contributed by atoms with van der Waals surface area (Å²) in [5.74, 6) is 1.30. The summed E-state index contributed by atoms with van der Waals surface area (Å²) in [6.07, 6.45) is 6.74. The van der Waals surface area contributed by atoms with E-state index in [0.717, 1.165) is 69.7 Å². The van der Waals surface area contributed by atoms with Crippen molar-refractivity contribution in [3.8, 4) is 0 Å². The number of rotatable bonds is 10. The van der Waals surface area contributed by atoms with Gasteiger partial charge in [0.15, 0.2) is 17.0 Å². The van der Waals surface area contributed by atoms with E-state index in [2.05, 4.69) is 19.8 Å². The lowest BCUT2D eigenvalue weighted by Crippen LogP contribution is -2.53. The molecule has 3 atom stereocenters. The van der Waals surface area contributed by atoms with Crippen molar-refractivity contribution in [2.75, 3.05) is 37.7 Å². The second-order valence-corrected chi connectivity index (χ2v) is 10.8. The minimum absolute atomic E-state index is 0.105. The van der Waals surface area contributed by atoms with E-state index >= 15 is 0 Å². The smallest absolute Gasteiger partial charge is 0.170 e. The maximum atomic E-state index is 13.6. The van der Waals surface area contributed by atoms with E-state index in [0.29, 0.717) is 12.5 Å². The molecule has 2 aromatic rings. The molecule has 3 unspecified atom stereocenters. The van der Waals surface area contributed by atoms with Crippen LogP contribution in [-0.2, 0) is 15.9 Å². The summed E-state index contributed by atoms with van der Waals surface area (Å²) in [6.45, 7) is 7.76. The van der Waals surface area contributed by atoms with Crippen molar-refractivity contribution in [2.24, 2.45) is 5.92 Å². The van der Waals surface area contributed by atoms with Crippen molar-refractivity contribution in [1.82, 2.24) is 19.2 Å². The van der Waals surface area contributed by atoms with Crippen LogP contribution in [0.4, 0.5) is 10.2 Å². The average molecular weight is 504 g/mol. The topological polar surface area (TPSA) is 70.6 Å². The molecule has 1 aromatic heterocycles. The van der Waals surface area contributed by atoms with Gasteiger partial charge in [0.25, 0.3) is 0 Å². The molecule has 1 aromatic carbocycles. The predicted octanol–water partition coefficient (Wildman–Crippen LogP) is 4.06. The Kier molecular flexibility index (Phi) is 9.59. The number of hydrogen-bond donors (Lipinski definition) is 1. The number of hydrogen-bond acceptors (Lipinski definition) is 5. The Morgan fingerprint density at radius 2 is 1.94 bits per heavy atom. The third kappa shape index (κ3) is 7.06. The van der Waals surface area contributed by atoms with Crippen molar-refractivity contribution in [1.29, 1.82) is 0 Å². The largest absolute Gasteiger partial charge is 0.378 e. The molecule has 35 heavy (non-hydrogen) atoms. The zero-order chi connectivity index (χ0) is 24.6. The fourth-order valence-electron chi connectivity index (χ4n) is 5.27. The highest BCUT2D eigenvalue weighted by Crippen LogP contribution is 2.35. The van der Waals surface area contributed by atoms with Crippen LogP contribution >= 0.6 is 0 Å². The summed E-state index contributed by atoms with van der Waals surface area (Å²) in [7, 11) is 0. The Hall–Kier alpha value is -1.94. The molecule has 1 aliphatic carbocycles. The predicted molar refractivity (Wildman–Crippen MR) is 138 cm³/mol. The molecular formula is C26H38FN5O2S. The molecule has 0 amide bonds. The number of benzene rings is 1. The quantitative estimate of drug-likeness (QED) is 0.529. The highest BCUT2D eigenvalue weighted by atomic mass is 32.2. The van der Waals surface area contributed by atoms with Gasteiger partial charge in [-0.3, -0.25) is 0 Å². The lowest BCUT2D eigenvalue weighted by Gasteiger charge is -2.40. The number of anilines is 1. The van der Waals surface area contributed by atoms with E-state index in [-0.39, 0.29) is 23.9 Å². The van der Waals surface area contributed by atoms with Crippen molar-refractivity contribution < 1.29 is 13.3 Å². The number of aromatic nitrogens is 2. The Morgan fingerprint density at radius 3 is 2.63 bits per heavy atom. The first-order chi connectivity index (χ1) is 17.1. The third-order valence-electron chi connectivity index (χ3n) is 7.35. The summed E-state index contributed by atoms with van der Waals surface area (Å²) >= 11 is -1.22. The van der Waals surface area contributed by atoms with Gasteiger partial charge in [0.2, 0.25) is 0 Å². The van der Waals surface area contributed by atoms with Gasteiger partial charge in [-0.15, -0.1) is 5.10 Å². The van der Waals surface area contributed by atoms with Crippen LogP contribution in [0.5, 0.6) is 0 Å². The molecular weight excluding hydrogens is 465 g/mol. The minimum Gasteiger partial charge on any atom is -0.378 e. The molecule has 0 bridgehead atoms.